The number of hydrogen-bond acceptors (Lipinski definition) is 5. The third-order valence-corrected chi connectivity index (χ3v) is 8.29. The molecule has 6 rings (SSSR count). The van der Waals surface area contributed by atoms with E-state index in [4.69, 9.17) is 5.10 Å². The number of aryl methyl sites for hydroxylation is 2. The summed E-state index contributed by atoms with van der Waals surface area (Å²) in [6.07, 6.45) is 9.09. The van der Waals surface area contributed by atoms with Gasteiger partial charge >= 0.3 is 0 Å². The molecular weight excluding hydrogens is 462 g/mol. The monoisotopic (exact) mass is 499 g/mol. The molecule has 194 valence electrons. The van der Waals surface area contributed by atoms with Crippen LogP contribution in [0.25, 0.3) is 21.8 Å². The van der Waals surface area contributed by atoms with E-state index in [0.29, 0.717) is 17.4 Å². The van der Waals surface area contributed by atoms with Gasteiger partial charge in [-0.25, -0.2) is 4.98 Å². The fourth-order valence-electron chi connectivity index (χ4n) is 6.14. The number of fused-ring (bicyclic) bond motifs is 2. The predicted molar refractivity (Wildman–Crippen MR) is 148 cm³/mol. The van der Waals surface area contributed by atoms with Crippen molar-refractivity contribution >= 4 is 33.5 Å². The van der Waals surface area contributed by atoms with Crippen molar-refractivity contribution in [1.82, 2.24) is 30.0 Å². The number of anilines is 1. The molecule has 0 bridgehead atoms. The van der Waals surface area contributed by atoms with Crippen molar-refractivity contribution < 1.29 is 4.79 Å². The molecule has 0 radical (unpaired) electrons. The van der Waals surface area contributed by atoms with Crippen molar-refractivity contribution in [3.05, 3.63) is 53.5 Å². The van der Waals surface area contributed by atoms with E-state index in [9.17, 15) is 4.79 Å². The van der Waals surface area contributed by atoms with Gasteiger partial charge in [0.15, 0.2) is 0 Å². The number of piperidine rings is 1. The van der Waals surface area contributed by atoms with Gasteiger partial charge in [-0.3, -0.25) is 14.4 Å². The number of nitrogens with one attached hydrogen (secondary N) is 3. The largest absolute Gasteiger partial charge is 0.357 e. The molecule has 2 aliphatic rings. The van der Waals surface area contributed by atoms with Gasteiger partial charge in [0.2, 0.25) is 0 Å². The Morgan fingerprint density at radius 2 is 2.03 bits per heavy atom. The summed E-state index contributed by atoms with van der Waals surface area (Å²) < 4.78 is 2.08. The lowest BCUT2D eigenvalue weighted by molar-refractivity contribution is 0.102. The second-order valence-corrected chi connectivity index (χ2v) is 10.9. The lowest BCUT2D eigenvalue weighted by Crippen LogP contribution is -2.27. The zero-order chi connectivity index (χ0) is 25.4. The Morgan fingerprint density at radius 3 is 2.84 bits per heavy atom. The highest BCUT2D eigenvalue weighted by molar-refractivity contribution is 6.06. The molecule has 37 heavy (non-hydrogen) atoms. The van der Waals surface area contributed by atoms with Crippen molar-refractivity contribution in [3.8, 4) is 0 Å². The van der Waals surface area contributed by atoms with Gasteiger partial charge in [-0.05, 0) is 96.2 Å². The summed E-state index contributed by atoms with van der Waals surface area (Å²) in [4.78, 5) is 23.6. The Balaban J connectivity index is 1.16. The van der Waals surface area contributed by atoms with Gasteiger partial charge in [-0.1, -0.05) is 6.07 Å². The van der Waals surface area contributed by atoms with E-state index in [1.54, 1.807) is 0 Å². The van der Waals surface area contributed by atoms with Crippen molar-refractivity contribution in [3.63, 3.8) is 0 Å². The number of nitrogens with zero attached hydrogens (tertiary/aromatic N) is 4. The third kappa shape index (κ3) is 5.00. The molecule has 8 heteroatoms. The summed E-state index contributed by atoms with van der Waals surface area (Å²) >= 11 is 0. The van der Waals surface area contributed by atoms with E-state index in [2.05, 4.69) is 43.3 Å². The van der Waals surface area contributed by atoms with Crippen LogP contribution in [0.4, 0.5) is 5.82 Å². The Morgan fingerprint density at radius 1 is 1.16 bits per heavy atom. The minimum absolute atomic E-state index is 0.156. The molecule has 1 unspecified atom stereocenters. The lowest BCUT2D eigenvalue weighted by atomic mass is 9.93. The van der Waals surface area contributed by atoms with Gasteiger partial charge in [-0.15, -0.1) is 0 Å². The summed E-state index contributed by atoms with van der Waals surface area (Å²) in [6, 6.07) is 10.4. The van der Waals surface area contributed by atoms with Gasteiger partial charge < -0.3 is 15.6 Å². The molecule has 8 nitrogen and oxygen atoms in total. The summed E-state index contributed by atoms with van der Waals surface area (Å²) in [7, 11) is 2.17. The summed E-state index contributed by atoms with van der Waals surface area (Å²) in [6.45, 7) is 6.32. The van der Waals surface area contributed by atoms with Crippen molar-refractivity contribution in [1.29, 1.82) is 0 Å². The van der Waals surface area contributed by atoms with Crippen LogP contribution in [-0.4, -0.2) is 57.2 Å². The Labute approximate surface area is 217 Å². The first kappa shape index (κ1) is 24.1. The minimum atomic E-state index is -0.156. The number of carbonyl (C=O) groups excluding carboxylic acids is 1. The summed E-state index contributed by atoms with van der Waals surface area (Å²) in [5.74, 6) is 1.21. The Kier molecular flexibility index (Phi) is 6.69. The van der Waals surface area contributed by atoms with Crippen LogP contribution < -0.4 is 10.6 Å². The van der Waals surface area contributed by atoms with Gasteiger partial charge in [0, 0.05) is 46.9 Å². The average molecular weight is 500 g/mol. The molecule has 3 N–H and O–H groups in total. The van der Waals surface area contributed by atoms with Crippen LogP contribution in [0.5, 0.6) is 0 Å². The standard InChI is InChI=1S/C29H37N7O/c1-19-23-8-7-21(16-27(23)36(34-19)14-3-5-20-9-11-30-12-10-20)29(37)33-28-17-24-22(18-31-28)15-25(32-24)26-6-4-13-35(26)2/h7-8,15-18,20,26,30,32H,3-6,9-14H2,1-2H3,(H,31,33,37). The molecule has 1 atom stereocenters. The van der Waals surface area contributed by atoms with Crippen molar-refractivity contribution in [2.24, 2.45) is 5.92 Å². The second-order valence-electron chi connectivity index (χ2n) is 10.9. The Hall–Kier alpha value is -3.23. The highest BCUT2D eigenvalue weighted by atomic mass is 16.1. The number of hydrogen-bond donors (Lipinski definition) is 3. The van der Waals surface area contributed by atoms with Crippen molar-refractivity contribution in [2.75, 3.05) is 32.0 Å². The number of likely N-dealkylation sites (tertiary alicyclic amines) is 1. The van der Waals surface area contributed by atoms with E-state index >= 15 is 0 Å². The van der Waals surface area contributed by atoms with Gasteiger partial charge in [0.1, 0.15) is 5.82 Å². The average Bonchev–Trinajstić information content (AvgIpc) is 3.61. The first-order valence-electron chi connectivity index (χ1n) is 13.7. The maximum absolute atomic E-state index is 13.2. The fourth-order valence-corrected chi connectivity index (χ4v) is 6.14. The number of H-pyrrole nitrogens is 1. The molecule has 2 aliphatic heterocycles. The highest BCUT2D eigenvalue weighted by Crippen LogP contribution is 2.32. The number of aromatic nitrogens is 4. The topological polar surface area (TPSA) is 90.9 Å². The number of rotatable bonds is 7. The number of aromatic amines is 1. The van der Waals surface area contributed by atoms with Gasteiger partial charge in [-0.2, -0.15) is 5.10 Å². The van der Waals surface area contributed by atoms with Gasteiger partial charge in [0.25, 0.3) is 5.91 Å². The van der Waals surface area contributed by atoms with E-state index < -0.39 is 0 Å². The first-order valence-corrected chi connectivity index (χ1v) is 13.7. The lowest BCUT2D eigenvalue weighted by Gasteiger charge is -2.22. The minimum Gasteiger partial charge on any atom is -0.357 e. The molecule has 1 amide bonds. The summed E-state index contributed by atoms with van der Waals surface area (Å²) in [5.41, 5.74) is 4.86. The van der Waals surface area contributed by atoms with Crippen LogP contribution >= 0.6 is 0 Å². The fraction of sp³-hybridized carbons (Fsp3) is 0.483. The SMILES string of the molecule is Cc1nn(CCCC2CCNCC2)c2cc(C(=O)Nc3cc4[nH]c(C5CCCN5C)cc4cn3)ccc12. The van der Waals surface area contributed by atoms with Crippen LogP contribution in [0.2, 0.25) is 0 Å². The van der Waals surface area contributed by atoms with Crippen LogP contribution in [0.1, 0.15) is 66.3 Å². The number of carbonyl (C=O) groups is 1. The molecule has 1 aromatic carbocycles. The molecule has 2 fully saturated rings. The van der Waals surface area contributed by atoms with E-state index in [1.165, 1.54) is 31.4 Å². The predicted octanol–water partition coefficient (Wildman–Crippen LogP) is 5.02. The van der Waals surface area contributed by atoms with Gasteiger partial charge in [0.05, 0.1) is 16.7 Å². The van der Waals surface area contributed by atoms with Crippen LogP contribution in [-0.2, 0) is 6.54 Å². The molecular formula is C29H37N7O. The summed E-state index contributed by atoms with van der Waals surface area (Å²) in [5, 5.41) is 13.4. The number of benzene rings is 1. The maximum atomic E-state index is 13.2. The molecule has 0 spiro atoms. The normalized spacial score (nSPS) is 19.2. The first-order chi connectivity index (χ1) is 18.0. The van der Waals surface area contributed by atoms with Crippen LogP contribution in [0, 0.1) is 12.8 Å². The molecule has 5 heterocycles. The third-order valence-electron chi connectivity index (χ3n) is 8.29. The van der Waals surface area contributed by atoms with Crippen LogP contribution in [0.15, 0.2) is 36.5 Å². The second kappa shape index (κ2) is 10.3. The molecule has 4 aromatic rings. The van der Waals surface area contributed by atoms with E-state index in [0.717, 1.165) is 72.4 Å². The van der Waals surface area contributed by atoms with Crippen molar-refractivity contribution in [2.45, 2.75) is 58.0 Å². The molecule has 0 saturated carbocycles. The number of pyridine rings is 1. The molecule has 3 aromatic heterocycles. The highest BCUT2D eigenvalue weighted by Gasteiger charge is 2.24. The molecule has 0 aliphatic carbocycles. The van der Waals surface area contributed by atoms with E-state index in [-0.39, 0.29) is 5.91 Å². The van der Waals surface area contributed by atoms with E-state index in [1.807, 2.05) is 37.4 Å². The van der Waals surface area contributed by atoms with Crippen LogP contribution in [0.3, 0.4) is 0 Å². The Bertz CT molecular complexity index is 1410. The smallest absolute Gasteiger partial charge is 0.256 e. The molecule has 2 saturated heterocycles. The quantitative estimate of drug-likeness (QED) is 0.332. The number of amides is 1. The maximum Gasteiger partial charge on any atom is 0.256 e. The zero-order valence-corrected chi connectivity index (χ0v) is 21.9. The zero-order valence-electron chi connectivity index (χ0n) is 21.9.